The summed E-state index contributed by atoms with van der Waals surface area (Å²) in [6.45, 7) is 2.03. The fourth-order valence-electron chi connectivity index (χ4n) is 3.32. The van der Waals surface area contributed by atoms with Crippen LogP contribution in [-0.2, 0) is 5.54 Å². The molecule has 1 atom stereocenters. The molecule has 3 N–H and O–H groups in total. The molecular weight excluding hydrogens is 332 g/mol. The topological polar surface area (TPSA) is 121 Å². The second kappa shape index (κ2) is 6.83. The molecule has 1 fully saturated rings. The summed E-state index contributed by atoms with van der Waals surface area (Å²) >= 11 is 0. The standard InChI is InChI=1S/C17H22N8O/c1-2-13(14-20-15(22-26-14)17(18)10-6-7-11-17)19-16-21-23-24-25(16)12-8-4-3-5-9-12/h3-5,8-9,13H,2,6-7,10-11,18H2,1H3,(H,19,21,24). The molecule has 1 saturated carbocycles. The molecule has 1 aliphatic rings. The van der Waals surface area contributed by atoms with E-state index in [0.717, 1.165) is 37.8 Å². The third-order valence-corrected chi connectivity index (χ3v) is 4.86. The van der Waals surface area contributed by atoms with E-state index in [1.165, 1.54) is 0 Å². The highest BCUT2D eigenvalue weighted by Crippen LogP contribution is 2.35. The monoisotopic (exact) mass is 354 g/mol. The Morgan fingerprint density at radius 2 is 2.04 bits per heavy atom. The van der Waals surface area contributed by atoms with Crippen molar-refractivity contribution in [1.82, 2.24) is 30.3 Å². The molecule has 9 heteroatoms. The van der Waals surface area contributed by atoms with E-state index in [2.05, 4.69) is 31.0 Å². The molecular formula is C17H22N8O. The molecule has 26 heavy (non-hydrogen) atoms. The first kappa shape index (κ1) is 16.6. The van der Waals surface area contributed by atoms with Crippen molar-refractivity contribution in [2.24, 2.45) is 5.73 Å². The molecule has 1 aliphatic carbocycles. The van der Waals surface area contributed by atoms with Crippen LogP contribution in [0.4, 0.5) is 5.95 Å². The number of aromatic nitrogens is 6. The number of rotatable bonds is 6. The van der Waals surface area contributed by atoms with Crippen molar-refractivity contribution in [3.8, 4) is 5.69 Å². The average Bonchev–Trinajstić information content (AvgIpc) is 3.41. The molecule has 0 radical (unpaired) electrons. The second-order valence-electron chi connectivity index (χ2n) is 6.67. The Hall–Kier alpha value is -2.81. The quantitative estimate of drug-likeness (QED) is 0.692. The van der Waals surface area contributed by atoms with E-state index in [1.54, 1.807) is 4.68 Å². The largest absolute Gasteiger partial charge is 0.341 e. The van der Waals surface area contributed by atoms with E-state index in [4.69, 9.17) is 10.3 Å². The normalized spacial score (nSPS) is 17.3. The molecule has 136 valence electrons. The first-order chi connectivity index (χ1) is 12.7. The van der Waals surface area contributed by atoms with Crippen LogP contribution in [0.15, 0.2) is 34.9 Å². The minimum atomic E-state index is -0.467. The predicted octanol–water partition coefficient (Wildman–Crippen LogP) is 2.34. The number of hydrogen-bond acceptors (Lipinski definition) is 8. The van der Waals surface area contributed by atoms with Crippen LogP contribution in [-0.4, -0.2) is 30.3 Å². The molecule has 0 spiro atoms. The molecule has 1 unspecified atom stereocenters. The van der Waals surface area contributed by atoms with Crippen LogP contribution >= 0.6 is 0 Å². The van der Waals surface area contributed by atoms with Crippen molar-refractivity contribution in [3.63, 3.8) is 0 Å². The molecule has 0 saturated heterocycles. The van der Waals surface area contributed by atoms with Gasteiger partial charge in [0, 0.05) is 0 Å². The molecule has 4 rings (SSSR count). The van der Waals surface area contributed by atoms with Crippen LogP contribution in [0.1, 0.15) is 56.8 Å². The highest BCUT2D eigenvalue weighted by atomic mass is 16.5. The van der Waals surface area contributed by atoms with Gasteiger partial charge in [0.1, 0.15) is 6.04 Å². The van der Waals surface area contributed by atoms with E-state index >= 15 is 0 Å². The van der Waals surface area contributed by atoms with Crippen LogP contribution in [0.3, 0.4) is 0 Å². The Labute approximate surface area is 151 Å². The van der Waals surface area contributed by atoms with Gasteiger partial charge in [-0.3, -0.25) is 0 Å². The number of nitrogens with zero attached hydrogens (tertiary/aromatic N) is 6. The average molecular weight is 354 g/mol. The number of nitrogens with two attached hydrogens (primary N) is 1. The zero-order chi connectivity index (χ0) is 18.0. The van der Waals surface area contributed by atoms with Crippen molar-refractivity contribution in [3.05, 3.63) is 42.0 Å². The van der Waals surface area contributed by atoms with Crippen molar-refractivity contribution in [2.45, 2.75) is 50.6 Å². The summed E-state index contributed by atoms with van der Waals surface area (Å²) in [5, 5.41) is 19.3. The number of nitrogens with one attached hydrogen (secondary N) is 1. The summed E-state index contributed by atoms with van der Waals surface area (Å²) in [6.07, 6.45) is 4.72. The molecule has 1 aromatic carbocycles. The van der Waals surface area contributed by atoms with Gasteiger partial charge in [-0.05, 0) is 41.8 Å². The minimum absolute atomic E-state index is 0.199. The lowest BCUT2D eigenvalue weighted by Gasteiger charge is -2.18. The van der Waals surface area contributed by atoms with Gasteiger partial charge in [-0.2, -0.15) is 9.67 Å². The first-order valence-electron chi connectivity index (χ1n) is 8.93. The maximum absolute atomic E-state index is 6.43. The van der Waals surface area contributed by atoms with Gasteiger partial charge in [-0.25, -0.2) is 0 Å². The zero-order valence-corrected chi connectivity index (χ0v) is 14.7. The Bertz CT molecular complexity index is 853. The van der Waals surface area contributed by atoms with Crippen LogP contribution < -0.4 is 11.1 Å². The predicted molar refractivity (Wildman–Crippen MR) is 94.4 cm³/mol. The van der Waals surface area contributed by atoms with Gasteiger partial charge in [-0.15, -0.1) is 0 Å². The van der Waals surface area contributed by atoms with Crippen molar-refractivity contribution >= 4 is 5.95 Å². The van der Waals surface area contributed by atoms with E-state index < -0.39 is 5.54 Å². The molecule has 0 aliphatic heterocycles. The molecule has 3 aromatic rings. The second-order valence-corrected chi connectivity index (χ2v) is 6.67. The van der Waals surface area contributed by atoms with Crippen molar-refractivity contribution in [1.29, 1.82) is 0 Å². The molecule has 2 aromatic heterocycles. The van der Waals surface area contributed by atoms with Gasteiger partial charge in [0.25, 0.3) is 0 Å². The van der Waals surface area contributed by atoms with Crippen LogP contribution in [0.5, 0.6) is 0 Å². The van der Waals surface area contributed by atoms with E-state index in [-0.39, 0.29) is 6.04 Å². The van der Waals surface area contributed by atoms with Gasteiger partial charge in [0.15, 0.2) is 5.82 Å². The van der Waals surface area contributed by atoms with Crippen LogP contribution in [0.25, 0.3) is 5.69 Å². The SMILES string of the molecule is CCC(Nc1nnnn1-c1ccccc1)c1nc(C2(N)CCCC2)no1. The van der Waals surface area contributed by atoms with Gasteiger partial charge in [0.2, 0.25) is 11.8 Å². The van der Waals surface area contributed by atoms with Crippen molar-refractivity contribution < 1.29 is 4.52 Å². The lowest BCUT2D eigenvalue weighted by molar-refractivity contribution is 0.337. The Balaban J connectivity index is 1.56. The third kappa shape index (κ3) is 3.05. The Morgan fingerprint density at radius 1 is 1.27 bits per heavy atom. The highest BCUT2D eigenvalue weighted by molar-refractivity contribution is 5.39. The summed E-state index contributed by atoms with van der Waals surface area (Å²) in [5.41, 5.74) is 6.83. The molecule has 2 heterocycles. The maximum Gasteiger partial charge on any atom is 0.249 e. The van der Waals surface area contributed by atoms with Gasteiger partial charge in [0.05, 0.1) is 11.2 Å². The molecule has 0 bridgehead atoms. The van der Waals surface area contributed by atoms with Crippen LogP contribution in [0, 0.1) is 0 Å². The van der Waals surface area contributed by atoms with E-state index in [1.807, 2.05) is 37.3 Å². The summed E-state index contributed by atoms with van der Waals surface area (Å²) in [5.74, 6) is 1.61. The summed E-state index contributed by atoms with van der Waals surface area (Å²) in [7, 11) is 0. The zero-order valence-electron chi connectivity index (χ0n) is 14.7. The Morgan fingerprint density at radius 3 is 2.77 bits per heavy atom. The fraction of sp³-hybridized carbons (Fsp3) is 0.471. The first-order valence-corrected chi connectivity index (χ1v) is 8.93. The summed E-state index contributed by atoms with van der Waals surface area (Å²) < 4.78 is 7.15. The summed E-state index contributed by atoms with van der Waals surface area (Å²) in [4.78, 5) is 4.58. The number of para-hydroxylation sites is 1. The van der Waals surface area contributed by atoms with Crippen LogP contribution in [0.2, 0.25) is 0 Å². The highest BCUT2D eigenvalue weighted by Gasteiger charge is 2.36. The van der Waals surface area contributed by atoms with Gasteiger partial charge in [-0.1, -0.05) is 48.2 Å². The van der Waals surface area contributed by atoms with Gasteiger partial charge < -0.3 is 15.6 Å². The number of anilines is 1. The maximum atomic E-state index is 6.43. The number of tetrazole rings is 1. The minimum Gasteiger partial charge on any atom is -0.341 e. The third-order valence-electron chi connectivity index (χ3n) is 4.86. The van der Waals surface area contributed by atoms with E-state index in [9.17, 15) is 0 Å². The fourth-order valence-corrected chi connectivity index (χ4v) is 3.32. The van der Waals surface area contributed by atoms with E-state index in [0.29, 0.717) is 17.7 Å². The smallest absolute Gasteiger partial charge is 0.249 e. The van der Waals surface area contributed by atoms with Gasteiger partial charge >= 0.3 is 0 Å². The lowest BCUT2D eigenvalue weighted by atomic mass is 9.98. The Kier molecular flexibility index (Phi) is 4.37. The molecule has 0 amide bonds. The molecule has 9 nitrogen and oxygen atoms in total. The number of benzene rings is 1. The summed E-state index contributed by atoms with van der Waals surface area (Å²) in [6, 6.07) is 9.49. The number of hydrogen-bond donors (Lipinski definition) is 2. The van der Waals surface area contributed by atoms with Crippen molar-refractivity contribution in [2.75, 3.05) is 5.32 Å². The lowest BCUT2D eigenvalue weighted by Crippen LogP contribution is -2.34.